The van der Waals surface area contributed by atoms with Crippen molar-refractivity contribution in [3.05, 3.63) is 47.0 Å². The number of rotatable bonds is 2. The summed E-state index contributed by atoms with van der Waals surface area (Å²) in [5, 5.41) is 2.65. The van der Waals surface area contributed by atoms with Crippen molar-refractivity contribution in [3.63, 3.8) is 0 Å². The van der Waals surface area contributed by atoms with Crippen molar-refractivity contribution in [2.24, 2.45) is 0 Å². The predicted octanol–water partition coefficient (Wildman–Crippen LogP) is 3.95. The summed E-state index contributed by atoms with van der Waals surface area (Å²) in [6, 6.07) is 11.2. The Kier molecular flexibility index (Phi) is 2.91. The number of fused-ring (bicyclic) bond motifs is 3. The Morgan fingerprint density at radius 3 is 2.79 bits per heavy atom. The molecule has 0 saturated heterocycles. The van der Waals surface area contributed by atoms with Crippen LogP contribution in [0.1, 0.15) is 5.56 Å². The van der Waals surface area contributed by atoms with Crippen LogP contribution in [-0.2, 0) is 16.0 Å². The van der Waals surface area contributed by atoms with Crippen molar-refractivity contribution in [2.75, 3.05) is 7.11 Å². The highest BCUT2D eigenvalue weighted by atomic mass is 35.5. The number of ether oxygens (including phenoxy) is 1. The first-order valence-electron chi connectivity index (χ1n) is 5.85. The summed E-state index contributed by atoms with van der Waals surface area (Å²) in [5.74, 6) is -0.265. The minimum absolute atomic E-state index is 0.240. The van der Waals surface area contributed by atoms with Gasteiger partial charge in [-0.3, -0.25) is 4.79 Å². The standard InChI is InChI=1S/C15H11ClO3/c1-18-15(17)7-9-2-4-11-12-8-10(16)3-5-13(12)19-14(11)6-9/h2-6,8H,7H2,1H3. The second-order valence-corrected chi connectivity index (χ2v) is 4.76. The molecule has 0 fully saturated rings. The maximum atomic E-state index is 11.3. The van der Waals surface area contributed by atoms with Gasteiger partial charge in [-0.2, -0.15) is 0 Å². The third-order valence-corrected chi connectivity index (χ3v) is 3.31. The van der Waals surface area contributed by atoms with Crippen LogP contribution in [0.25, 0.3) is 21.9 Å². The van der Waals surface area contributed by atoms with Crippen molar-refractivity contribution in [1.29, 1.82) is 0 Å². The molecule has 1 aromatic heterocycles. The number of hydrogen-bond acceptors (Lipinski definition) is 3. The summed E-state index contributed by atoms with van der Waals surface area (Å²) in [6.07, 6.45) is 0.240. The lowest BCUT2D eigenvalue weighted by Gasteiger charge is -1.99. The fourth-order valence-electron chi connectivity index (χ4n) is 2.14. The number of hydrogen-bond donors (Lipinski definition) is 0. The van der Waals surface area contributed by atoms with E-state index in [1.807, 2.05) is 30.3 Å². The molecular formula is C15H11ClO3. The Morgan fingerprint density at radius 2 is 2.00 bits per heavy atom. The number of esters is 1. The lowest BCUT2D eigenvalue weighted by atomic mass is 10.1. The highest BCUT2D eigenvalue weighted by Gasteiger charge is 2.09. The van der Waals surface area contributed by atoms with Crippen LogP contribution in [0.5, 0.6) is 0 Å². The average molecular weight is 275 g/mol. The van der Waals surface area contributed by atoms with Crippen LogP contribution in [0.2, 0.25) is 5.02 Å². The van der Waals surface area contributed by atoms with E-state index in [4.69, 9.17) is 16.0 Å². The fourth-order valence-corrected chi connectivity index (χ4v) is 2.31. The van der Waals surface area contributed by atoms with Crippen LogP contribution in [-0.4, -0.2) is 13.1 Å². The lowest BCUT2D eigenvalue weighted by Crippen LogP contribution is -2.03. The summed E-state index contributed by atoms with van der Waals surface area (Å²) >= 11 is 5.99. The van der Waals surface area contributed by atoms with Crippen molar-refractivity contribution < 1.29 is 13.9 Å². The zero-order chi connectivity index (χ0) is 13.4. The molecule has 4 heteroatoms. The zero-order valence-corrected chi connectivity index (χ0v) is 11.0. The van der Waals surface area contributed by atoms with Gasteiger partial charge in [0.1, 0.15) is 11.2 Å². The molecule has 0 atom stereocenters. The highest BCUT2D eigenvalue weighted by Crippen LogP contribution is 2.31. The van der Waals surface area contributed by atoms with Gasteiger partial charge in [0.15, 0.2) is 0 Å². The van der Waals surface area contributed by atoms with Gasteiger partial charge < -0.3 is 9.15 Å². The summed E-state index contributed by atoms with van der Waals surface area (Å²) < 4.78 is 10.4. The lowest BCUT2D eigenvalue weighted by molar-refractivity contribution is -0.139. The molecule has 0 unspecified atom stereocenters. The first-order chi connectivity index (χ1) is 9.17. The van der Waals surface area contributed by atoms with E-state index in [0.717, 1.165) is 27.5 Å². The molecule has 1 heterocycles. The van der Waals surface area contributed by atoms with Crippen LogP contribution in [0.15, 0.2) is 40.8 Å². The molecule has 0 spiro atoms. The molecule has 3 rings (SSSR count). The third kappa shape index (κ3) is 2.17. The zero-order valence-electron chi connectivity index (χ0n) is 10.3. The molecule has 0 saturated carbocycles. The Bertz CT molecular complexity index is 774. The highest BCUT2D eigenvalue weighted by molar-refractivity contribution is 6.31. The Balaban J connectivity index is 2.13. The number of benzene rings is 2. The molecule has 0 radical (unpaired) electrons. The van der Waals surface area contributed by atoms with Gasteiger partial charge in [0.2, 0.25) is 0 Å². The largest absolute Gasteiger partial charge is 0.469 e. The Hall–Kier alpha value is -2.00. The van der Waals surface area contributed by atoms with Gasteiger partial charge in [-0.1, -0.05) is 23.7 Å². The average Bonchev–Trinajstić information content (AvgIpc) is 2.75. The van der Waals surface area contributed by atoms with Gasteiger partial charge in [-0.15, -0.1) is 0 Å². The Morgan fingerprint density at radius 1 is 1.16 bits per heavy atom. The minimum atomic E-state index is -0.265. The number of furan rings is 1. The summed E-state index contributed by atoms with van der Waals surface area (Å²) in [7, 11) is 1.38. The van der Waals surface area contributed by atoms with Gasteiger partial charge in [0.05, 0.1) is 13.5 Å². The van der Waals surface area contributed by atoms with E-state index < -0.39 is 0 Å². The molecule has 3 nitrogen and oxygen atoms in total. The van der Waals surface area contributed by atoms with Crippen LogP contribution < -0.4 is 0 Å². The molecular weight excluding hydrogens is 264 g/mol. The third-order valence-electron chi connectivity index (χ3n) is 3.07. The minimum Gasteiger partial charge on any atom is -0.469 e. The first kappa shape index (κ1) is 12.1. The van der Waals surface area contributed by atoms with Crippen molar-refractivity contribution >= 4 is 39.5 Å². The van der Waals surface area contributed by atoms with E-state index in [1.54, 1.807) is 6.07 Å². The quantitative estimate of drug-likeness (QED) is 0.664. The van der Waals surface area contributed by atoms with Crippen molar-refractivity contribution in [2.45, 2.75) is 6.42 Å². The van der Waals surface area contributed by atoms with Gasteiger partial charge in [-0.05, 0) is 29.8 Å². The molecule has 96 valence electrons. The normalized spacial score (nSPS) is 11.1. The van der Waals surface area contributed by atoms with E-state index in [9.17, 15) is 4.79 Å². The number of carbonyl (C=O) groups excluding carboxylic acids is 1. The first-order valence-corrected chi connectivity index (χ1v) is 6.22. The molecule has 0 aliphatic rings. The molecule has 0 aliphatic carbocycles. The number of methoxy groups -OCH3 is 1. The molecule has 0 N–H and O–H groups in total. The Labute approximate surface area is 114 Å². The van der Waals surface area contributed by atoms with Crippen molar-refractivity contribution in [3.8, 4) is 0 Å². The smallest absolute Gasteiger partial charge is 0.309 e. The molecule has 19 heavy (non-hydrogen) atoms. The molecule has 0 bridgehead atoms. The second kappa shape index (κ2) is 4.59. The SMILES string of the molecule is COC(=O)Cc1ccc2c(c1)oc1ccc(Cl)cc12. The monoisotopic (exact) mass is 274 g/mol. The van der Waals surface area contributed by atoms with Crippen LogP contribution >= 0.6 is 11.6 Å². The maximum Gasteiger partial charge on any atom is 0.309 e. The van der Waals surface area contributed by atoms with Crippen LogP contribution in [0.3, 0.4) is 0 Å². The van der Waals surface area contributed by atoms with Crippen LogP contribution in [0, 0.1) is 0 Å². The van der Waals surface area contributed by atoms with E-state index in [2.05, 4.69) is 4.74 Å². The fraction of sp³-hybridized carbons (Fsp3) is 0.133. The summed E-state index contributed by atoms with van der Waals surface area (Å²) in [5.41, 5.74) is 2.40. The number of carbonyl (C=O) groups is 1. The number of halogens is 1. The van der Waals surface area contributed by atoms with Gasteiger partial charge >= 0.3 is 5.97 Å². The van der Waals surface area contributed by atoms with Gasteiger partial charge in [0, 0.05) is 15.8 Å². The molecule has 2 aromatic carbocycles. The molecule has 0 amide bonds. The van der Waals surface area contributed by atoms with E-state index >= 15 is 0 Å². The topological polar surface area (TPSA) is 39.4 Å². The van der Waals surface area contributed by atoms with Gasteiger partial charge in [-0.25, -0.2) is 0 Å². The summed E-state index contributed by atoms with van der Waals surface area (Å²) in [4.78, 5) is 11.3. The van der Waals surface area contributed by atoms with Crippen LogP contribution in [0.4, 0.5) is 0 Å². The van der Waals surface area contributed by atoms with E-state index in [1.165, 1.54) is 7.11 Å². The van der Waals surface area contributed by atoms with E-state index in [-0.39, 0.29) is 12.4 Å². The molecule has 0 aliphatic heterocycles. The summed E-state index contributed by atoms with van der Waals surface area (Å²) in [6.45, 7) is 0. The molecule has 3 aromatic rings. The maximum absolute atomic E-state index is 11.3. The van der Waals surface area contributed by atoms with E-state index in [0.29, 0.717) is 5.02 Å². The second-order valence-electron chi connectivity index (χ2n) is 4.33. The van der Waals surface area contributed by atoms with Gasteiger partial charge in [0.25, 0.3) is 0 Å². The van der Waals surface area contributed by atoms with Crippen molar-refractivity contribution in [1.82, 2.24) is 0 Å². The predicted molar refractivity (Wildman–Crippen MR) is 74.5 cm³/mol.